The quantitative estimate of drug-likeness (QED) is 0.455. The minimum absolute atomic E-state index is 0.212. The minimum Gasteiger partial charge on any atom is -0.396 e. The topological polar surface area (TPSA) is 55.8 Å². The molecule has 1 N–H and O–H groups in total. The summed E-state index contributed by atoms with van der Waals surface area (Å²) in [6.45, 7) is 1.49. The van der Waals surface area contributed by atoms with Crippen LogP contribution in [0.3, 0.4) is 0 Å². The van der Waals surface area contributed by atoms with Gasteiger partial charge in [0.25, 0.3) is 0 Å². The van der Waals surface area contributed by atoms with E-state index >= 15 is 0 Å². The second-order valence-corrected chi connectivity index (χ2v) is 3.49. The maximum Gasteiger partial charge on any atom is 0.352 e. The molecule has 0 aliphatic rings. The Morgan fingerprint density at radius 1 is 1.38 bits per heavy atom. The van der Waals surface area contributed by atoms with Gasteiger partial charge in [0.2, 0.25) is 0 Å². The summed E-state index contributed by atoms with van der Waals surface area (Å²) in [5.74, 6) is 0.0300. The molecule has 0 spiro atoms. The first-order valence-corrected chi connectivity index (χ1v) is 5.27. The standard InChI is InChI=1S/C12H16O4/c1-10(14)15-16-12-7-4-6-11(9-12)5-2-3-8-13/h4,6-7,9,13H,2-3,5,8H2,1H3. The summed E-state index contributed by atoms with van der Waals surface area (Å²) in [5, 5.41) is 8.66. The zero-order valence-electron chi connectivity index (χ0n) is 9.31. The summed E-state index contributed by atoms with van der Waals surface area (Å²) in [4.78, 5) is 19.8. The number of benzene rings is 1. The normalized spacial score (nSPS) is 9.88. The first-order valence-electron chi connectivity index (χ1n) is 5.27. The molecule has 0 aliphatic heterocycles. The van der Waals surface area contributed by atoms with E-state index in [1.54, 1.807) is 6.07 Å². The highest BCUT2D eigenvalue weighted by Gasteiger charge is 2.00. The van der Waals surface area contributed by atoms with Crippen molar-refractivity contribution < 1.29 is 19.7 Å². The fraction of sp³-hybridized carbons (Fsp3) is 0.417. The summed E-state index contributed by atoms with van der Waals surface area (Å²) in [6, 6.07) is 7.35. The van der Waals surface area contributed by atoms with Crippen molar-refractivity contribution in [2.75, 3.05) is 6.61 Å². The highest BCUT2D eigenvalue weighted by Crippen LogP contribution is 2.15. The lowest BCUT2D eigenvalue weighted by Gasteiger charge is -2.04. The second kappa shape index (κ2) is 6.85. The Hall–Kier alpha value is -1.55. The molecule has 0 heterocycles. The average Bonchev–Trinajstić information content (AvgIpc) is 2.27. The molecule has 0 atom stereocenters. The number of unbranched alkanes of at least 4 members (excludes halogenated alkanes) is 1. The molecule has 0 saturated carbocycles. The molecule has 4 heteroatoms. The molecule has 1 aromatic carbocycles. The van der Waals surface area contributed by atoms with Gasteiger partial charge in [-0.25, -0.2) is 4.79 Å². The predicted octanol–water partition coefficient (Wildman–Crippen LogP) is 1.86. The van der Waals surface area contributed by atoms with Crippen molar-refractivity contribution in [2.24, 2.45) is 0 Å². The van der Waals surface area contributed by atoms with Crippen molar-refractivity contribution in [3.8, 4) is 5.75 Å². The Morgan fingerprint density at radius 3 is 2.88 bits per heavy atom. The molecular formula is C12H16O4. The number of carbonyl (C=O) groups is 1. The monoisotopic (exact) mass is 224 g/mol. The molecule has 0 fully saturated rings. The third kappa shape index (κ3) is 4.79. The molecule has 88 valence electrons. The first-order chi connectivity index (χ1) is 7.72. The number of aryl methyl sites for hydroxylation is 1. The Kier molecular flexibility index (Phi) is 5.36. The first kappa shape index (κ1) is 12.5. The van der Waals surface area contributed by atoms with Crippen molar-refractivity contribution in [1.82, 2.24) is 0 Å². The van der Waals surface area contributed by atoms with E-state index in [-0.39, 0.29) is 6.61 Å². The third-order valence-corrected chi connectivity index (χ3v) is 2.03. The summed E-state index contributed by atoms with van der Waals surface area (Å²) >= 11 is 0. The molecule has 0 bridgehead atoms. The molecule has 0 amide bonds. The van der Waals surface area contributed by atoms with Crippen LogP contribution in [0.25, 0.3) is 0 Å². The molecule has 1 rings (SSSR count). The van der Waals surface area contributed by atoms with Crippen LogP contribution in [0.4, 0.5) is 0 Å². The fourth-order valence-electron chi connectivity index (χ4n) is 1.30. The lowest BCUT2D eigenvalue weighted by molar-refractivity contribution is -0.210. The number of aliphatic hydroxyl groups is 1. The van der Waals surface area contributed by atoms with Gasteiger partial charge in [-0.2, -0.15) is 0 Å². The summed E-state index contributed by atoms with van der Waals surface area (Å²) in [6.07, 6.45) is 2.58. The highest BCUT2D eigenvalue weighted by atomic mass is 17.2. The zero-order chi connectivity index (χ0) is 11.8. The average molecular weight is 224 g/mol. The van der Waals surface area contributed by atoms with E-state index in [2.05, 4.69) is 4.89 Å². The zero-order valence-corrected chi connectivity index (χ0v) is 9.31. The van der Waals surface area contributed by atoms with Crippen LogP contribution in [-0.4, -0.2) is 17.7 Å². The Labute approximate surface area is 94.7 Å². The van der Waals surface area contributed by atoms with Gasteiger partial charge in [0.05, 0.1) is 0 Å². The number of aliphatic hydroxyl groups excluding tert-OH is 1. The summed E-state index contributed by atoms with van der Waals surface area (Å²) < 4.78 is 0. The smallest absolute Gasteiger partial charge is 0.352 e. The molecule has 0 saturated heterocycles. The Morgan fingerprint density at radius 2 is 2.19 bits per heavy atom. The lowest BCUT2D eigenvalue weighted by Crippen LogP contribution is -2.03. The van der Waals surface area contributed by atoms with Crippen LogP contribution in [0.1, 0.15) is 25.3 Å². The SMILES string of the molecule is CC(=O)OOc1cccc(CCCCO)c1. The maximum atomic E-state index is 10.5. The van der Waals surface area contributed by atoms with Crippen LogP contribution in [0.15, 0.2) is 24.3 Å². The van der Waals surface area contributed by atoms with Crippen LogP contribution in [0, 0.1) is 0 Å². The lowest BCUT2D eigenvalue weighted by atomic mass is 10.1. The van der Waals surface area contributed by atoms with E-state index in [0.717, 1.165) is 24.8 Å². The van der Waals surface area contributed by atoms with Crippen LogP contribution < -0.4 is 4.89 Å². The van der Waals surface area contributed by atoms with E-state index in [9.17, 15) is 4.79 Å². The number of rotatable bonds is 6. The van der Waals surface area contributed by atoms with Gasteiger partial charge in [-0.05, 0) is 37.0 Å². The number of hydrogen-bond donors (Lipinski definition) is 1. The number of carbonyl (C=O) groups excluding carboxylic acids is 1. The van der Waals surface area contributed by atoms with Crippen molar-refractivity contribution in [1.29, 1.82) is 0 Å². The van der Waals surface area contributed by atoms with Gasteiger partial charge in [-0.15, -0.1) is 0 Å². The van der Waals surface area contributed by atoms with Gasteiger partial charge in [-0.3, -0.25) is 9.78 Å². The van der Waals surface area contributed by atoms with Crippen LogP contribution in [-0.2, 0) is 16.1 Å². The van der Waals surface area contributed by atoms with Crippen molar-refractivity contribution in [3.63, 3.8) is 0 Å². The molecular weight excluding hydrogens is 208 g/mol. The summed E-state index contributed by atoms with van der Waals surface area (Å²) in [7, 11) is 0. The third-order valence-electron chi connectivity index (χ3n) is 2.03. The highest BCUT2D eigenvalue weighted by molar-refractivity contribution is 5.65. The number of hydrogen-bond acceptors (Lipinski definition) is 4. The second-order valence-electron chi connectivity index (χ2n) is 3.49. The van der Waals surface area contributed by atoms with Gasteiger partial charge < -0.3 is 5.11 Å². The summed E-state index contributed by atoms with van der Waals surface area (Å²) in [5.41, 5.74) is 1.10. The molecule has 0 radical (unpaired) electrons. The molecule has 0 aromatic heterocycles. The molecule has 0 aliphatic carbocycles. The molecule has 4 nitrogen and oxygen atoms in total. The maximum absolute atomic E-state index is 10.5. The van der Waals surface area contributed by atoms with Crippen molar-refractivity contribution in [2.45, 2.75) is 26.2 Å². The van der Waals surface area contributed by atoms with Crippen LogP contribution >= 0.6 is 0 Å². The molecule has 0 unspecified atom stereocenters. The van der Waals surface area contributed by atoms with Gasteiger partial charge >= 0.3 is 5.97 Å². The van der Waals surface area contributed by atoms with Crippen molar-refractivity contribution in [3.05, 3.63) is 29.8 Å². The van der Waals surface area contributed by atoms with Crippen LogP contribution in [0.5, 0.6) is 5.75 Å². The minimum atomic E-state index is -0.481. The van der Waals surface area contributed by atoms with Gasteiger partial charge in [0.1, 0.15) is 0 Å². The van der Waals surface area contributed by atoms with E-state index in [0.29, 0.717) is 5.75 Å². The van der Waals surface area contributed by atoms with Gasteiger partial charge in [-0.1, -0.05) is 12.1 Å². The van der Waals surface area contributed by atoms with Gasteiger partial charge in [0, 0.05) is 13.5 Å². The largest absolute Gasteiger partial charge is 0.396 e. The van der Waals surface area contributed by atoms with E-state index in [1.807, 2.05) is 18.2 Å². The Bertz CT molecular complexity index is 336. The Balaban J connectivity index is 2.46. The predicted molar refractivity (Wildman–Crippen MR) is 58.9 cm³/mol. The van der Waals surface area contributed by atoms with Crippen LogP contribution in [0.2, 0.25) is 0 Å². The van der Waals surface area contributed by atoms with E-state index in [1.165, 1.54) is 6.92 Å². The van der Waals surface area contributed by atoms with Gasteiger partial charge in [0.15, 0.2) is 5.75 Å². The van der Waals surface area contributed by atoms with E-state index < -0.39 is 5.97 Å². The van der Waals surface area contributed by atoms with E-state index in [4.69, 9.17) is 9.99 Å². The van der Waals surface area contributed by atoms with Crippen molar-refractivity contribution >= 4 is 5.97 Å². The molecule has 16 heavy (non-hydrogen) atoms. The molecule has 1 aromatic rings. The fourth-order valence-corrected chi connectivity index (χ4v) is 1.30.